The molecule has 0 saturated carbocycles. The van der Waals surface area contributed by atoms with E-state index in [4.69, 9.17) is 4.42 Å². The molecule has 3 aromatic rings. The number of anilines is 1. The number of rotatable bonds is 1. The summed E-state index contributed by atoms with van der Waals surface area (Å²) in [7, 11) is 1.48. The number of amides is 2. The Labute approximate surface area is 158 Å². The molecule has 0 saturated heterocycles. The van der Waals surface area contributed by atoms with Gasteiger partial charge in [-0.1, -0.05) is 18.2 Å². The third-order valence-corrected chi connectivity index (χ3v) is 5.67. The van der Waals surface area contributed by atoms with Gasteiger partial charge in [0.05, 0.1) is 16.6 Å². The van der Waals surface area contributed by atoms with Gasteiger partial charge in [0.15, 0.2) is 11.0 Å². The summed E-state index contributed by atoms with van der Waals surface area (Å²) in [5, 5.41) is 0.00135. The molecule has 1 atom stereocenters. The second-order valence-corrected chi connectivity index (χ2v) is 6.92. The van der Waals surface area contributed by atoms with Crippen molar-refractivity contribution in [2.24, 2.45) is 0 Å². The van der Waals surface area contributed by atoms with Gasteiger partial charge in [-0.15, -0.1) is 0 Å². The van der Waals surface area contributed by atoms with Crippen LogP contribution in [0, 0.1) is 5.82 Å². The first kappa shape index (κ1) is 16.7. The smallest absolute Gasteiger partial charge is 0.291 e. The quantitative estimate of drug-likeness (QED) is 0.653. The first-order chi connectivity index (χ1) is 13.4. The lowest BCUT2D eigenvalue weighted by atomic mass is 9.84. The number of carbonyl (C=O) groups is 2. The molecule has 0 radical (unpaired) electrons. The molecule has 3 heterocycles. The number of hydrogen-bond acceptors (Lipinski definition) is 4. The van der Waals surface area contributed by atoms with E-state index in [9.17, 15) is 18.8 Å². The average molecular weight is 378 g/mol. The van der Waals surface area contributed by atoms with E-state index in [1.54, 1.807) is 29.2 Å². The van der Waals surface area contributed by atoms with Gasteiger partial charge in [0, 0.05) is 19.2 Å². The molecule has 2 aliphatic heterocycles. The van der Waals surface area contributed by atoms with Crippen molar-refractivity contribution in [2.75, 3.05) is 18.5 Å². The van der Waals surface area contributed by atoms with Crippen LogP contribution in [0.2, 0.25) is 0 Å². The highest BCUT2D eigenvalue weighted by Crippen LogP contribution is 2.51. The number of hydrogen-bond donors (Lipinski definition) is 0. The van der Waals surface area contributed by atoms with Gasteiger partial charge in [0.1, 0.15) is 11.4 Å². The summed E-state index contributed by atoms with van der Waals surface area (Å²) in [4.78, 5) is 42.8. The van der Waals surface area contributed by atoms with E-state index >= 15 is 0 Å². The van der Waals surface area contributed by atoms with E-state index in [1.165, 1.54) is 18.0 Å². The minimum atomic E-state index is -1.61. The Balaban J connectivity index is 1.97. The number of para-hydroxylation sites is 1. The summed E-state index contributed by atoms with van der Waals surface area (Å²) < 4.78 is 19.5. The molecule has 2 aliphatic rings. The lowest BCUT2D eigenvalue weighted by Crippen LogP contribution is -2.51. The van der Waals surface area contributed by atoms with Gasteiger partial charge in [-0.2, -0.15) is 0 Å². The zero-order valence-corrected chi connectivity index (χ0v) is 15.2. The maximum Gasteiger partial charge on any atom is 0.291 e. The summed E-state index contributed by atoms with van der Waals surface area (Å²) >= 11 is 0. The normalized spacial score (nSPS) is 20.4. The van der Waals surface area contributed by atoms with Gasteiger partial charge in [-0.25, -0.2) is 4.39 Å². The third kappa shape index (κ3) is 1.69. The Hall–Kier alpha value is -3.48. The molecule has 140 valence electrons. The van der Waals surface area contributed by atoms with Crippen LogP contribution in [-0.4, -0.2) is 30.3 Å². The van der Waals surface area contributed by atoms with Gasteiger partial charge in [-0.05, 0) is 31.2 Å². The predicted octanol–water partition coefficient (Wildman–Crippen LogP) is 2.63. The largest absolute Gasteiger partial charge is 0.450 e. The lowest BCUT2D eigenvalue weighted by molar-refractivity contribution is -0.125. The molecule has 0 bridgehead atoms. The molecule has 2 aromatic carbocycles. The maximum absolute atomic E-state index is 13.8. The molecule has 1 aromatic heterocycles. The fourth-order valence-electron chi connectivity index (χ4n) is 4.43. The van der Waals surface area contributed by atoms with Crippen LogP contribution in [0.15, 0.2) is 51.7 Å². The SMILES string of the molecule is CCN1C(=O)[C@@]2(c3ccccc31)c1c(oc3ccc(F)cc3c1=O)C(=O)N2C. The van der Waals surface area contributed by atoms with Crippen LogP contribution in [-0.2, 0) is 10.3 Å². The Morgan fingerprint density at radius 1 is 1.11 bits per heavy atom. The fourth-order valence-corrected chi connectivity index (χ4v) is 4.43. The maximum atomic E-state index is 13.8. The van der Waals surface area contributed by atoms with Crippen LogP contribution in [0.5, 0.6) is 0 Å². The van der Waals surface area contributed by atoms with Crippen molar-refractivity contribution in [1.29, 1.82) is 0 Å². The molecule has 28 heavy (non-hydrogen) atoms. The number of fused-ring (bicyclic) bond motifs is 5. The van der Waals surface area contributed by atoms with Crippen molar-refractivity contribution >= 4 is 28.5 Å². The summed E-state index contributed by atoms with van der Waals surface area (Å²) in [6.45, 7) is 2.20. The molecule has 0 unspecified atom stereocenters. The molecular formula is C21H15FN2O4. The van der Waals surface area contributed by atoms with Crippen LogP contribution >= 0.6 is 0 Å². The van der Waals surface area contributed by atoms with Crippen molar-refractivity contribution in [2.45, 2.75) is 12.5 Å². The Morgan fingerprint density at radius 2 is 1.86 bits per heavy atom. The molecule has 1 spiro atoms. The van der Waals surface area contributed by atoms with E-state index in [0.717, 1.165) is 12.1 Å². The zero-order chi connectivity index (χ0) is 19.8. The van der Waals surface area contributed by atoms with E-state index in [1.807, 2.05) is 6.92 Å². The van der Waals surface area contributed by atoms with Crippen molar-refractivity contribution < 1.29 is 18.4 Å². The Bertz CT molecular complexity index is 1260. The Kier molecular flexibility index (Phi) is 3.15. The zero-order valence-electron chi connectivity index (χ0n) is 15.2. The van der Waals surface area contributed by atoms with Gasteiger partial charge in [0.2, 0.25) is 5.76 Å². The number of carbonyl (C=O) groups excluding carboxylic acids is 2. The van der Waals surface area contributed by atoms with Crippen LogP contribution in [0.3, 0.4) is 0 Å². The lowest BCUT2D eigenvalue weighted by Gasteiger charge is -2.31. The van der Waals surface area contributed by atoms with Crippen molar-refractivity contribution in [3.05, 3.63) is 75.4 Å². The summed E-state index contributed by atoms with van der Waals surface area (Å²) in [5.74, 6) is -1.72. The fraction of sp³-hybridized carbons (Fsp3) is 0.190. The standard InChI is InChI=1S/C21H15FN2O4/c1-3-24-14-7-5-4-6-13(14)21(20(24)27)16-17(25)12-10-11(22)8-9-15(12)28-18(16)19(26)23(21)2/h4-10H,3H2,1-2H3/t21-/m1/s1. The van der Waals surface area contributed by atoms with Crippen LogP contribution in [0.25, 0.3) is 11.0 Å². The highest BCUT2D eigenvalue weighted by molar-refractivity contribution is 6.17. The number of nitrogens with zero attached hydrogens (tertiary/aromatic N) is 2. The minimum Gasteiger partial charge on any atom is -0.450 e. The first-order valence-electron chi connectivity index (χ1n) is 8.89. The molecule has 6 nitrogen and oxygen atoms in total. The number of benzene rings is 2. The minimum absolute atomic E-state index is 0.00135. The summed E-state index contributed by atoms with van der Waals surface area (Å²) in [6.07, 6.45) is 0. The molecule has 0 fully saturated rings. The third-order valence-electron chi connectivity index (χ3n) is 5.67. The molecular weight excluding hydrogens is 363 g/mol. The van der Waals surface area contributed by atoms with E-state index in [-0.39, 0.29) is 22.3 Å². The number of halogens is 1. The molecule has 2 amide bonds. The Morgan fingerprint density at radius 3 is 2.61 bits per heavy atom. The predicted molar refractivity (Wildman–Crippen MR) is 99.8 cm³/mol. The van der Waals surface area contributed by atoms with E-state index in [0.29, 0.717) is 17.8 Å². The summed E-state index contributed by atoms with van der Waals surface area (Å²) in [6, 6.07) is 10.6. The molecule has 5 rings (SSSR count). The van der Waals surface area contributed by atoms with E-state index in [2.05, 4.69) is 0 Å². The van der Waals surface area contributed by atoms with Gasteiger partial charge < -0.3 is 14.2 Å². The highest BCUT2D eigenvalue weighted by Gasteiger charge is 2.63. The molecule has 7 heteroatoms. The van der Waals surface area contributed by atoms with Crippen molar-refractivity contribution in [3.63, 3.8) is 0 Å². The highest BCUT2D eigenvalue weighted by atomic mass is 19.1. The first-order valence-corrected chi connectivity index (χ1v) is 8.89. The topological polar surface area (TPSA) is 70.8 Å². The van der Waals surface area contributed by atoms with Crippen molar-refractivity contribution in [1.82, 2.24) is 4.90 Å². The summed E-state index contributed by atoms with van der Waals surface area (Å²) in [5.41, 5.74) is -0.947. The average Bonchev–Trinajstić information content (AvgIpc) is 3.08. The molecule has 0 aliphatic carbocycles. The second-order valence-electron chi connectivity index (χ2n) is 6.92. The van der Waals surface area contributed by atoms with Crippen LogP contribution in [0.1, 0.15) is 28.6 Å². The monoisotopic (exact) mass is 378 g/mol. The molecule has 0 N–H and O–H groups in total. The van der Waals surface area contributed by atoms with E-state index < -0.39 is 28.6 Å². The van der Waals surface area contributed by atoms with Crippen LogP contribution in [0.4, 0.5) is 10.1 Å². The second kappa shape index (κ2) is 5.28. The van der Waals surface area contributed by atoms with Gasteiger partial charge in [-0.3, -0.25) is 14.4 Å². The van der Waals surface area contributed by atoms with Crippen LogP contribution < -0.4 is 10.3 Å². The number of likely N-dealkylation sites (N-methyl/N-ethyl adjacent to an activating group) is 2. The van der Waals surface area contributed by atoms with Gasteiger partial charge >= 0.3 is 0 Å². The van der Waals surface area contributed by atoms with Crippen molar-refractivity contribution in [3.8, 4) is 0 Å². The van der Waals surface area contributed by atoms with Gasteiger partial charge in [0.25, 0.3) is 11.8 Å².